The van der Waals surface area contributed by atoms with Gasteiger partial charge in [-0.3, -0.25) is 4.90 Å². The standard InChI is InChI=1S/C14H28N2/c1-4-8-14(2,3)16-10-5-9-15-13(11-16)12-6-7-12/h12-13,15H,4-11H2,1-3H3. The molecule has 2 heteroatoms. The predicted octanol–water partition coefficient (Wildman–Crippen LogP) is 2.64. The van der Waals surface area contributed by atoms with Crippen molar-refractivity contribution in [3.05, 3.63) is 0 Å². The average molecular weight is 224 g/mol. The third-order valence-electron chi connectivity index (χ3n) is 4.34. The molecule has 1 unspecified atom stereocenters. The van der Waals surface area contributed by atoms with Crippen molar-refractivity contribution < 1.29 is 0 Å². The van der Waals surface area contributed by atoms with E-state index in [0.717, 1.165) is 12.0 Å². The molecule has 2 rings (SSSR count). The molecule has 0 amide bonds. The van der Waals surface area contributed by atoms with E-state index >= 15 is 0 Å². The maximum atomic E-state index is 3.75. The minimum Gasteiger partial charge on any atom is -0.312 e. The number of nitrogens with one attached hydrogen (secondary N) is 1. The highest BCUT2D eigenvalue weighted by molar-refractivity contribution is 4.93. The van der Waals surface area contributed by atoms with Gasteiger partial charge >= 0.3 is 0 Å². The number of hydrogen-bond acceptors (Lipinski definition) is 2. The van der Waals surface area contributed by atoms with Gasteiger partial charge in [-0.1, -0.05) is 13.3 Å². The fourth-order valence-electron chi connectivity index (χ4n) is 3.08. The zero-order valence-electron chi connectivity index (χ0n) is 11.3. The van der Waals surface area contributed by atoms with Gasteiger partial charge < -0.3 is 5.32 Å². The first-order valence-corrected chi connectivity index (χ1v) is 7.12. The van der Waals surface area contributed by atoms with Crippen molar-refractivity contribution in [1.82, 2.24) is 10.2 Å². The highest BCUT2D eigenvalue weighted by Gasteiger charge is 2.36. The Labute approximate surface area is 101 Å². The summed E-state index contributed by atoms with van der Waals surface area (Å²) in [5.41, 5.74) is 0.397. The Kier molecular flexibility index (Phi) is 3.91. The topological polar surface area (TPSA) is 15.3 Å². The summed E-state index contributed by atoms with van der Waals surface area (Å²) in [5.74, 6) is 0.984. The molecule has 0 radical (unpaired) electrons. The van der Waals surface area contributed by atoms with Gasteiger partial charge in [-0.25, -0.2) is 0 Å². The Hall–Kier alpha value is -0.0800. The highest BCUT2D eigenvalue weighted by atomic mass is 15.2. The van der Waals surface area contributed by atoms with Crippen molar-refractivity contribution in [1.29, 1.82) is 0 Å². The summed E-state index contributed by atoms with van der Waals surface area (Å²) in [5, 5.41) is 3.75. The van der Waals surface area contributed by atoms with Gasteiger partial charge in [-0.05, 0) is 58.5 Å². The number of nitrogens with zero attached hydrogens (tertiary/aromatic N) is 1. The van der Waals surface area contributed by atoms with Gasteiger partial charge in [0.1, 0.15) is 0 Å². The molecule has 94 valence electrons. The third kappa shape index (κ3) is 2.98. The summed E-state index contributed by atoms with van der Waals surface area (Å²) in [6, 6.07) is 0.777. The lowest BCUT2D eigenvalue weighted by Gasteiger charge is -2.39. The molecule has 2 fully saturated rings. The third-order valence-corrected chi connectivity index (χ3v) is 4.34. The van der Waals surface area contributed by atoms with E-state index < -0.39 is 0 Å². The minimum atomic E-state index is 0.397. The molecule has 1 heterocycles. The van der Waals surface area contributed by atoms with E-state index in [0.29, 0.717) is 5.54 Å². The second-order valence-electron chi connectivity index (χ2n) is 6.26. The molecule has 1 saturated heterocycles. The Morgan fingerprint density at radius 2 is 2.06 bits per heavy atom. The van der Waals surface area contributed by atoms with E-state index in [1.54, 1.807) is 0 Å². The quantitative estimate of drug-likeness (QED) is 0.790. The van der Waals surface area contributed by atoms with Crippen LogP contribution in [0, 0.1) is 5.92 Å². The van der Waals surface area contributed by atoms with Crippen molar-refractivity contribution in [2.24, 2.45) is 5.92 Å². The van der Waals surface area contributed by atoms with Crippen LogP contribution in [0.1, 0.15) is 52.9 Å². The van der Waals surface area contributed by atoms with Gasteiger partial charge in [0.05, 0.1) is 0 Å². The molecule has 0 aromatic rings. The van der Waals surface area contributed by atoms with Crippen LogP contribution in [0.2, 0.25) is 0 Å². The largest absolute Gasteiger partial charge is 0.312 e. The van der Waals surface area contributed by atoms with Gasteiger partial charge in [-0.15, -0.1) is 0 Å². The maximum absolute atomic E-state index is 3.75. The smallest absolute Gasteiger partial charge is 0.0223 e. The Morgan fingerprint density at radius 3 is 2.69 bits per heavy atom. The van der Waals surface area contributed by atoms with Crippen LogP contribution >= 0.6 is 0 Å². The van der Waals surface area contributed by atoms with Crippen molar-refractivity contribution in [2.75, 3.05) is 19.6 Å². The molecular formula is C14H28N2. The summed E-state index contributed by atoms with van der Waals surface area (Å²) in [7, 11) is 0. The Morgan fingerprint density at radius 1 is 1.31 bits per heavy atom. The van der Waals surface area contributed by atoms with Crippen LogP contribution in [-0.4, -0.2) is 36.1 Å². The fraction of sp³-hybridized carbons (Fsp3) is 1.00. The maximum Gasteiger partial charge on any atom is 0.0223 e. The van der Waals surface area contributed by atoms with Crippen LogP contribution in [0.15, 0.2) is 0 Å². The first kappa shape index (κ1) is 12.4. The first-order valence-electron chi connectivity index (χ1n) is 7.12. The van der Waals surface area contributed by atoms with Gasteiger partial charge in [0.15, 0.2) is 0 Å². The molecule has 0 aromatic heterocycles. The van der Waals surface area contributed by atoms with Crippen LogP contribution < -0.4 is 5.32 Å². The van der Waals surface area contributed by atoms with E-state index in [-0.39, 0.29) is 0 Å². The van der Waals surface area contributed by atoms with Gasteiger partial charge in [0.2, 0.25) is 0 Å². The Balaban J connectivity index is 1.95. The molecule has 0 aromatic carbocycles. The molecule has 2 aliphatic rings. The average Bonchev–Trinajstić information content (AvgIpc) is 3.04. The molecular weight excluding hydrogens is 196 g/mol. The summed E-state index contributed by atoms with van der Waals surface area (Å²) in [6.07, 6.45) is 6.85. The first-order chi connectivity index (χ1) is 7.63. The van der Waals surface area contributed by atoms with E-state index in [1.165, 1.54) is 51.7 Å². The van der Waals surface area contributed by atoms with Crippen molar-refractivity contribution in [3.63, 3.8) is 0 Å². The lowest BCUT2D eigenvalue weighted by atomic mass is 9.95. The second kappa shape index (κ2) is 5.05. The van der Waals surface area contributed by atoms with E-state index in [9.17, 15) is 0 Å². The summed E-state index contributed by atoms with van der Waals surface area (Å²) >= 11 is 0. The van der Waals surface area contributed by atoms with E-state index in [4.69, 9.17) is 0 Å². The van der Waals surface area contributed by atoms with Crippen molar-refractivity contribution in [3.8, 4) is 0 Å². The zero-order chi connectivity index (χ0) is 11.6. The van der Waals surface area contributed by atoms with Gasteiger partial charge in [0, 0.05) is 18.1 Å². The second-order valence-corrected chi connectivity index (χ2v) is 6.26. The highest BCUT2D eigenvalue weighted by Crippen LogP contribution is 2.35. The lowest BCUT2D eigenvalue weighted by molar-refractivity contribution is 0.105. The van der Waals surface area contributed by atoms with Crippen LogP contribution in [-0.2, 0) is 0 Å². The fourth-order valence-corrected chi connectivity index (χ4v) is 3.08. The molecule has 2 nitrogen and oxygen atoms in total. The molecule has 0 bridgehead atoms. The van der Waals surface area contributed by atoms with Gasteiger partial charge in [0.25, 0.3) is 0 Å². The summed E-state index contributed by atoms with van der Waals surface area (Å²) in [6.45, 7) is 10.9. The van der Waals surface area contributed by atoms with Crippen molar-refractivity contribution in [2.45, 2.75) is 64.5 Å². The van der Waals surface area contributed by atoms with Crippen LogP contribution in [0.5, 0.6) is 0 Å². The molecule has 1 N–H and O–H groups in total. The number of rotatable bonds is 4. The lowest BCUT2D eigenvalue weighted by Crippen LogP contribution is -2.49. The van der Waals surface area contributed by atoms with Crippen LogP contribution in [0.25, 0.3) is 0 Å². The van der Waals surface area contributed by atoms with Crippen LogP contribution in [0.3, 0.4) is 0 Å². The van der Waals surface area contributed by atoms with E-state index in [2.05, 4.69) is 31.0 Å². The molecule has 16 heavy (non-hydrogen) atoms. The molecule has 1 aliphatic heterocycles. The number of hydrogen-bond donors (Lipinski definition) is 1. The molecule has 1 atom stereocenters. The van der Waals surface area contributed by atoms with Crippen molar-refractivity contribution >= 4 is 0 Å². The monoisotopic (exact) mass is 224 g/mol. The molecule has 1 aliphatic carbocycles. The summed E-state index contributed by atoms with van der Waals surface area (Å²) < 4.78 is 0. The molecule has 0 spiro atoms. The summed E-state index contributed by atoms with van der Waals surface area (Å²) in [4.78, 5) is 2.74. The van der Waals surface area contributed by atoms with Gasteiger partial charge in [-0.2, -0.15) is 0 Å². The molecule has 1 saturated carbocycles. The van der Waals surface area contributed by atoms with E-state index in [1.807, 2.05) is 0 Å². The normalized spacial score (nSPS) is 29.1. The minimum absolute atomic E-state index is 0.397. The zero-order valence-corrected chi connectivity index (χ0v) is 11.3. The van der Waals surface area contributed by atoms with Crippen LogP contribution in [0.4, 0.5) is 0 Å². The SMILES string of the molecule is CCCC(C)(C)N1CCCNC(C2CC2)C1. The Bertz CT molecular complexity index is 221. The predicted molar refractivity (Wildman–Crippen MR) is 69.7 cm³/mol.